The zero-order valence-corrected chi connectivity index (χ0v) is 16.0. The lowest BCUT2D eigenvalue weighted by molar-refractivity contribution is -0.123. The number of carbonyl (C=O) groups is 1. The predicted octanol–water partition coefficient (Wildman–Crippen LogP) is 4.50. The van der Waals surface area contributed by atoms with Gasteiger partial charge in [0.2, 0.25) is 5.89 Å². The Morgan fingerprint density at radius 2 is 2.04 bits per heavy atom. The van der Waals surface area contributed by atoms with Crippen LogP contribution in [0.4, 0.5) is 0 Å². The van der Waals surface area contributed by atoms with Gasteiger partial charge >= 0.3 is 0 Å². The number of fused-ring (bicyclic) bond motifs is 1. The van der Waals surface area contributed by atoms with Crippen molar-refractivity contribution >= 4 is 40.5 Å². The van der Waals surface area contributed by atoms with Gasteiger partial charge in [-0.25, -0.2) is 0 Å². The maximum Gasteiger partial charge on any atom is 0.266 e. The Bertz CT molecular complexity index is 1180. The number of thiocarbonyl (C=S) groups is 1. The van der Waals surface area contributed by atoms with Crippen LogP contribution < -0.4 is 0 Å². The number of hydrogen-bond donors (Lipinski definition) is 0. The van der Waals surface area contributed by atoms with Crippen LogP contribution >= 0.6 is 12.2 Å². The number of furan rings is 1. The molecule has 7 heteroatoms. The average molecular weight is 389 g/mol. The number of oxazole rings is 1. The van der Waals surface area contributed by atoms with Crippen LogP contribution in [0.15, 0.2) is 62.0 Å². The zero-order chi connectivity index (χ0) is 19.8. The Kier molecular flexibility index (Phi) is 4.41. The number of hydrogen-bond acceptors (Lipinski definition) is 6. The molecule has 0 bridgehead atoms. The van der Waals surface area contributed by atoms with Crippen LogP contribution in [0.2, 0.25) is 0 Å². The SMILES string of the molecule is CCN1C(=O)/C(=C\c2nc3oc(-c4ccccc4)cc3o2)C(C)=C(C#N)C1=S. The molecule has 4 rings (SSSR count). The second-order valence-electron chi connectivity index (χ2n) is 6.22. The number of nitriles is 1. The third-order valence-corrected chi connectivity index (χ3v) is 5.00. The summed E-state index contributed by atoms with van der Waals surface area (Å²) in [5, 5.41) is 9.42. The molecule has 0 radical (unpaired) electrons. The zero-order valence-electron chi connectivity index (χ0n) is 15.2. The van der Waals surface area contributed by atoms with E-state index in [1.165, 1.54) is 11.0 Å². The molecule has 2 aromatic heterocycles. The number of nitrogens with zero attached hydrogens (tertiary/aromatic N) is 3. The monoisotopic (exact) mass is 389 g/mol. The smallest absolute Gasteiger partial charge is 0.266 e. The Morgan fingerprint density at radius 1 is 1.29 bits per heavy atom. The molecule has 3 aromatic rings. The van der Waals surface area contributed by atoms with Gasteiger partial charge in [0, 0.05) is 29.8 Å². The maximum atomic E-state index is 12.8. The highest BCUT2D eigenvalue weighted by Gasteiger charge is 2.32. The van der Waals surface area contributed by atoms with E-state index in [-0.39, 0.29) is 16.8 Å². The van der Waals surface area contributed by atoms with Gasteiger partial charge in [0.05, 0.1) is 5.57 Å². The van der Waals surface area contributed by atoms with Crippen molar-refractivity contribution in [3.8, 4) is 17.4 Å². The Labute approximate surface area is 166 Å². The Hall–Kier alpha value is -3.50. The number of carbonyl (C=O) groups excluding carboxylic acids is 1. The minimum absolute atomic E-state index is 0.234. The fourth-order valence-electron chi connectivity index (χ4n) is 3.10. The van der Waals surface area contributed by atoms with Gasteiger partial charge in [0.25, 0.3) is 11.6 Å². The van der Waals surface area contributed by atoms with Crippen molar-refractivity contribution in [1.82, 2.24) is 9.88 Å². The van der Waals surface area contributed by atoms with Crippen molar-refractivity contribution in [1.29, 1.82) is 5.26 Å². The molecule has 0 saturated heterocycles. The van der Waals surface area contributed by atoms with Crippen molar-refractivity contribution < 1.29 is 13.6 Å². The van der Waals surface area contributed by atoms with Crippen LogP contribution in [-0.4, -0.2) is 27.3 Å². The fourth-order valence-corrected chi connectivity index (χ4v) is 3.51. The summed E-state index contributed by atoms with van der Waals surface area (Å²) in [6.45, 7) is 3.88. The first-order chi connectivity index (χ1) is 13.5. The lowest BCUT2D eigenvalue weighted by Crippen LogP contribution is -2.41. The topological polar surface area (TPSA) is 83.3 Å². The van der Waals surface area contributed by atoms with Gasteiger partial charge in [-0.3, -0.25) is 9.69 Å². The Morgan fingerprint density at radius 3 is 2.68 bits per heavy atom. The summed E-state index contributed by atoms with van der Waals surface area (Å²) in [5.41, 5.74) is 2.91. The van der Waals surface area contributed by atoms with Crippen LogP contribution in [-0.2, 0) is 4.79 Å². The molecule has 1 aliphatic rings. The molecule has 138 valence electrons. The summed E-state index contributed by atoms with van der Waals surface area (Å²) in [4.78, 5) is 18.7. The molecule has 6 nitrogen and oxygen atoms in total. The molecule has 0 aliphatic carbocycles. The molecule has 0 unspecified atom stereocenters. The lowest BCUT2D eigenvalue weighted by Gasteiger charge is -2.28. The summed E-state index contributed by atoms with van der Waals surface area (Å²) >= 11 is 5.26. The normalized spacial score (nSPS) is 16.3. The van der Waals surface area contributed by atoms with Gasteiger partial charge in [-0.05, 0) is 19.4 Å². The molecular formula is C21H15N3O3S. The summed E-state index contributed by atoms with van der Waals surface area (Å²) in [5.74, 6) is 0.612. The summed E-state index contributed by atoms with van der Waals surface area (Å²) in [6, 6.07) is 13.5. The van der Waals surface area contributed by atoms with Crippen molar-refractivity contribution in [2.75, 3.05) is 6.54 Å². The minimum atomic E-state index is -0.274. The summed E-state index contributed by atoms with van der Waals surface area (Å²) in [7, 11) is 0. The number of rotatable bonds is 3. The van der Waals surface area contributed by atoms with Crippen LogP contribution in [0, 0.1) is 11.3 Å². The first kappa shape index (κ1) is 17.9. The van der Waals surface area contributed by atoms with Crippen molar-refractivity contribution in [2.24, 2.45) is 0 Å². The second kappa shape index (κ2) is 6.91. The third kappa shape index (κ3) is 2.84. The first-order valence-corrected chi connectivity index (χ1v) is 9.09. The lowest BCUT2D eigenvalue weighted by atomic mass is 9.95. The molecule has 28 heavy (non-hydrogen) atoms. The van der Waals surface area contributed by atoms with Crippen LogP contribution in [0.5, 0.6) is 0 Å². The fraction of sp³-hybridized carbons (Fsp3) is 0.143. The van der Waals surface area contributed by atoms with E-state index in [4.69, 9.17) is 21.1 Å². The first-order valence-electron chi connectivity index (χ1n) is 8.68. The molecule has 0 saturated carbocycles. The van der Waals surface area contributed by atoms with E-state index < -0.39 is 0 Å². The van der Waals surface area contributed by atoms with Gasteiger partial charge in [0.1, 0.15) is 16.8 Å². The van der Waals surface area contributed by atoms with E-state index in [0.29, 0.717) is 40.3 Å². The highest BCUT2D eigenvalue weighted by molar-refractivity contribution is 7.80. The van der Waals surface area contributed by atoms with Gasteiger partial charge in [-0.15, -0.1) is 0 Å². The maximum absolute atomic E-state index is 12.8. The van der Waals surface area contributed by atoms with Gasteiger partial charge in [0.15, 0.2) is 5.58 Å². The van der Waals surface area contributed by atoms with E-state index in [0.717, 1.165) is 5.56 Å². The largest absolute Gasteiger partial charge is 0.435 e. The number of aromatic nitrogens is 1. The Balaban J connectivity index is 1.76. The predicted molar refractivity (Wildman–Crippen MR) is 108 cm³/mol. The van der Waals surface area contributed by atoms with E-state index in [1.54, 1.807) is 19.9 Å². The molecule has 1 amide bonds. The van der Waals surface area contributed by atoms with Crippen molar-refractivity contribution in [3.63, 3.8) is 0 Å². The molecular weight excluding hydrogens is 374 g/mol. The quantitative estimate of drug-likeness (QED) is 0.484. The van der Waals surface area contributed by atoms with Crippen molar-refractivity contribution in [3.05, 3.63) is 59.0 Å². The van der Waals surface area contributed by atoms with Crippen molar-refractivity contribution in [2.45, 2.75) is 13.8 Å². The van der Waals surface area contributed by atoms with E-state index >= 15 is 0 Å². The van der Waals surface area contributed by atoms with Crippen LogP contribution in [0.3, 0.4) is 0 Å². The van der Waals surface area contributed by atoms with Gasteiger partial charge in [-0.1, -0.05) is 42.5 Å². The molecule has 0 N–H and O–H groups in total. The standard InChI is InChI=1S/C21H15N3O3S/c1-3-24-20(25)14(12(2)15(11-22)21(24)28)9-18-23-19-17(26-18)10-16(27-19)13-7-5-4-6-8-13/h4-10H,3H2,1-2H3/b14-9-. The minimum Gasteiger partial charge on any atom is -0.435 e. The average Bonchev–Trinajstić information content (AvgIpc) is 3.25. The second-order valence-corrected chi connectivity index (χ2v) is 6.61. The van der Waals surface area contributed by atoms with E-state index in [9.17, 15) is 10.1 Å². The number of likely N-dealkylation sites (N-methyl/N-ethyl adjacent to an activating group) is 1. The van der Waals surface area contributed by atoms with E-state index in [2.05, 4.69) is 11.1 Å². The molecule has 0 atom stereocenters. The third-order valence-electron chi connectivity index (χ3n) is 4.57. The number of amides is 1. The molecule has 0 fully saturated rings. The molecule has 1 aromatic carbocycles. The van der Waals surface area contributed by atoms with E-state index in [1.807, 2.05) is 30.3 Å². The van der Waals surface area contributed by atoms with Crippen LogP contribution in [0.1, 0.15) is 19.7 Å². The highest BCUT2D eigenvalue weighted by Crippen LogP contribution is 2.31. The number of benzene rings is 1. The van der Waals surface area contributed by atoms with Gasteiger partial charge < -0.3 is 8.83 Å². The van der Waals surface area contributed by atoms with Crippen LogP contribution in [0.25, 0.3) is 28.7 Å². The van der Waals surface area contributed by atoms with Gasteiger partial charge in [-0.2, -0.15) is 10.2 Å². The highest BCUT2D eigenvalue weighted by atomic mass is 32.1. The molecule has 1 aliphatic heterocycles. The summed E-state index contributed by atoms with van der Waals surface area (Å²) < 4.78 is 11.5. The molecule has 3 heterocycles. The molecule has 0 spiro atoms. The summed E-state index contributed by atoms with van der Waals surface area (Å²) in [6.07, 6.45) is 1.52.